The van der Waals surface area contributed by atoms with Crippen molar-refractivity contribution in [2.24, 2.45) is 5.41 Å². The summed E-state index contributed by atoms with van der Waals surface area (Å²) >= 11 is 1.54. The minimum Gasteiger partial charge on any atom is -0.393 e. The maximum atomic E-state index is 12.1. The standard InChI is InChI=1S/C15H27N3O2S/c1-10-8-21-12(17-10)15(5,6)18-13(20)16-9-14(3,4)7-11(2)19/h8,11,19H,7,9H2,1-6H3,(H2,16,18,20). The van der Waals surface area contributed by atoms with Crippen molar-refractivity contribution in [2.75, 3.05) is 6.54 Å². The lowest BCUT2D eigenvalue weighted by molar-refractivity contribution is 0.128. The summed E-state index contributed by atoms with van der Waals surface area (Å²) in [6, 6.07) is -0.216. The molecule has 0 saturated heterocycles. The number of urea groups is 1. The monoisotopic (exact) mass is 313 g/mol. The predicted molar refractivity (Wildman–Crippen MR) is 86.5 cm³/mol. The number of thiazole rings is 1. The highest BCUT2D eigenvalue weighted by Gasteiger charge is 2.27. The first-order valence-electron chi connectivity index (χ1n) is 7.18. The molecular formula is C15H27N3O2S. The summed E-state index contributed by atoms with van der Waals surface area (Å²) in [6.07, 6.45) is 0.266. The zero-order valence-electron chi connectivity index (χ0n) is 13.8. The number of nitrogens with one attached hydrogen (secondary N) is 2. The number of carbonyl (C=O) groups excluding carboxylic acids is 1. The molecule has 0 fully saturated rings. The fourth-order valence-electron chi connectivity index (χ4n) is 2.21. The molecule has 1 atom stereocenters. The zero-order chi connectivity index (χ0) is 16.3. The Hall–Kier alpha value is -1.14. The minimum absolute atomic E-state index is 0.145. The van der Waals surface area contributed by atoms with Crippen molar-refractivity contribution in [2.45, 2.75) is 59.6 Å². The van der Waals surface area contributed by atoms with Crippen LogP contribution in [0.15, 0.2) is 5.38 Å². The van der Waals surface area contributed by atoms with Crippen LogP contribution in [0.5, 0.6) is 0 Å². The van der Waals surface area contributed by atoms with Crippen molar-refractivity contribution in [1.29, 1.82) is 0 Å². The van der Waals surface area contributed by atoms with E-state index in [0.29, 0.717) is 13.0 Å². The lowest BCUT2D eigenvalue weighted by Crippen LogP contribution is -2.48. The van der Waals surface area contributed by atoms with Crippen LogP contribution in [0.1, 0.15) is 51.7 Å². The first-order valence-corrected chi connectivity index (χ1v) is 8.06. The number of carbonyl (C=O) groups is 1. The molecule has 1 aromatic heterocycles. The van der Waals surface area contributed by atoms with Gasteiger partial charge < -0.3 is 15.7 Å². The van der Waals surface area contributed by atoms with Crippen molar-refractivity contribution in [1.82, 2.24) is 15.6 Å². The summed E-state index contributed by atoms with van der Waals surface area (Å²) in [5.74, 6) is 0. The van der Waals surface area contributed by atoms with Gasteiger partial charge in [0, 0.05) is 17.6 Å². The topological polar surface area (TPSA) is 74.2 Å². The van der Waals surface area contributed by atoms with Gasteiger partial charge in [0.25, 0.3) is 0 Å². The van der Waals surface area contributed by atoms with Crippen LogP contribution in [0.25, 0.3) is 0 Å². The Labute approximate surface area is 131 Å². The first-order chi connectivity index (χ1) is 9.52. The van der Waals surface area contributed by atoms with E-state index in [-0.39, 0.29) is 17.6 Å². The third kappa shape index (κ3) is 6.01. The molecule has 1 heterocycles. The maximum absolute atomic E-state index is 12.1. The van der Waals surface area contributed by atoms with E-state index in [1.165, 1.54) is 0 Å². The molecule has 2 amide bonds. The highest BCUT2D eigenvalue weighted by molar-refractivity contribution is 7.09. The molecule has 0 spiro atoms. The van der Waals surface area contributed by atoms with Gasteiger partial charge in [-0.2, -0.15) is 0 Å². The highest BCUT2D eigenvalue weighted by atomic mass is 32.1. The second-order valence-electron chi connectivity index (χ2n) is 6.94. The van der Waals surface area contributed by atoms with Gasteiger partial charge in [0.2, 0.25) is 0 Å². The van der Waals surface area contributed by atoms with Gasteiger partial charge in [-0.3, -0.25) is 0 Å². The third-order valence-corrected chi connectivity index (χ3v) is 4.44. The van der Waals surface area contributed by atoms with Crippen LogP contribution in [-0.4, -0.2) is 28.8 Å². The predicted octanol–water partition coefficient (Wildman–Crippen LogP) is 2.78. The summed E-state index contributed by atoms with van der Waals surface area (Å²) in [7, 11) is 0. The maximum Gasteiger partial charge on any atom is 0.315 e. The van der Waals surface area contributed by atoms with Crippen molar-refractivity contribution in [3.8, 4) is 0 Å². The van der Waals surface area contributed by atoms with Gasteiger partial charge >= 0.3 is 6.03 Å². The van der Waals surface area contributed by atoms with E-state index >= 15 is 0 Å². The van der Waals surface area contributed by atoms with E-state index in [9.17, 15) is 9.90 Å². The van der Waals surface area contributed by atoms with Crippen LogP contribution in [0, 0.1) is 12.3 Å². The molecule has 0 aliphatic heterocycles. The Kier molecular flexibility index (Phi) is 5.75. The Morgan fingerprint density at radius 2 is 2.05 bits per heavy atom. The molecular weight excluding hydrogens is 286 g/mol. The molecule has 0 aromatic carbocycles. The fourth-order valence-corrected chi connectivity index (χ4v) is 3.09. The molecule has 6 heteroatoms. The van der Waals surface area contributed by atoms with Gasteiger partial charge in [0.15, 0.2) is 0 Å². The van der Waals surface area contributed by atoms with Crippen LogP contribution >= 0.6 is 11.3 Å². The van der Waals surface area contributed by atoms with Gasteiger partial charge in [-0.15, -0.1) is 11.3 Å². The quantitative estimate of drug-likeness (QED) is 0.756. The van der Waals surface area contributed by atoms with E-state index in [2.05, 4.69) is 15.6 Å². The lowest BCUT2D eigenvalue weighted by atomic mass is 9.87. The Bertz CT molecular complexity index is 481. The van der Waals surface area contributed by atoms with Crippen molar-refractivity contribution < 1.29 is 9.90 Å². The van der Waals surface area contributed by atoms with E-state index in [1.54, 1.807) is 18.3 Å². The molecule has 5 nitrogen and oxygen atoms in total. The van der Waals surface area contributed by atoms with Crippen LogP contribution in [0.2, 0.25) is 0 Å². The van der Waals surface area contributed by atoms with Gasteiger partial charge in [-0.05, 0) is 39.5 Å². The first kappa shape index (κ1) is 17.9. The van der Waals surface area contributed by atoms with Gasteiger partial charge in [0.1, 0.15) is 5.01 Å². The molecule has 120 valence electrons. The Morgan fingerprint density at radius 1 is 1.43 bits per heavy atom. The number of rotatable bonds is 6. The van der Waals surface area contributed by atoms with E-state index in [1.807, 2.05) is 40.0 Å². The molecule has 1 unspecified atom stereocenters. The summed E-state index contributed by atoms with van der Waals surface area (Å²) < 4.78 is 0. The zero-order valence-corrected chi connectivity index (χ0v) is 14.6. The molecule has 0 radical (unpaired) electrons. The molecule has 21 heavy (non-hydrogen) atoms. The second kappa shape index (κ2) is 6.75. The molecule has 0 aliphatic rings. The van der Waals surface area contributed by atoms with Gasteiger partial charge in [0.05, 0.1) is 11.6 Å². The number of aromatic nitrogens is 1. The number of hydrogen-bond donors (Lipinski definition) is 3. The lowest BCUT2D eigenvalue weighted by Gasteiger charge is -2.28. The smallest absolute Gasteiger partial charge is 0.315 e. The number of nitrogens with zero attached hydrogens (tertiary/aromatic N) is 1. The van der Waals surface area contributed by atoms with E-state index in [0.717, 1.165) is 10.7 Å². The van der Waals surface area contributed by atoms with Crippen LogP contribution < -0.4 is 10.6 Å². The molecule has 3 N–H and O–H groups in total. The van der Waals surface area contributed by atoms with Crippen molar-refractivity contribution in [3.63, 3.8) is 0 Å². The molecule has 1 aromatic rings. The number of hydrogen-bond acceptors (Lipinski definition) is 4. The van der Waals surface area contributed by atoms with Gasteiger partial charge in [-0.1, -0.05) is 13.8 Å². The van der Waals surface area contributed by atoms with Crippen LogP contribution in [-0.2, 0) is 5.54 Å². The molecule has 0 aliphatic carbocycles. The SMILES string of the molecule is Cc1csc(C(C)(C)NC(=O)NCC(C)(C)CC(C)O)n1. The average molecular weight is 313 g/mol. The summed E-state index contributed by atoms with van der Waals surface area (Å²) in [5.41, 5.74) is 0.313. The highest BCUT2D eigenvalue weighted by Crippen LogP contribution is 2.24. The normalized spacial score (nSPS) is 13.9. The molecule has 0 saturated carbocycles. The van der Waals surface area contributed by atoms with E-state index < -0.39 is 5.54 Å². The average Bonchev–Trinajstić information content (AvgIpc) is 2.72. The molecule has 1 rings (SSSR count). The van der Waals surface area contributed by atoms with Crippen molar-refractivity contribution in [3.05, 3.63) is 16.1 Å². The Balaban J connectivity index is 2.53. The summed E-state index contributed by atoms with van der Waals surface area (Å²) in [4.78, 5) is 16.5. The summed E-state index contributed by atoms with van der Waals surface area (Å²) in [5, 5.41) is 18.1. The third-order valence-electron chi connectivity index (χ3n) is 3.16. The number of aliphatic hydroxyl groups is 1. The van der Waals surface area contributed by atoms with Gasteiger partial charge in [-0.25, -0.2) is 9.78 Å². The number of amides is 2. The fraction of sp³-hybridized carbons (Fsp3) is 0.733. The Morgan fingerprint density at radius 3 is 2.52 bits per heavy atom. The van der Waals surface area contributed by atoms with Crippen molar-refractivity contribution >= 4 is 17.4 Å². The van der Waals surface area contributed by atoms with Crippen LogP contribution in [0.4, 0.5) is 4.79 Å². The van der Waals surface area contributed by atoms with Crippen LogP contribution in [0.3, 0.4) is 0 Å². The number of aryl methyl sites for hydroxylation is 1. The number of aliphatic hydroxyl groups excluding tert-OH is 1. The molecule has 0 bridgehead atoms. The largest absolute Gasteiger partial charge is 0.393 e. The second-order valence-corrected chi connectivity index (χ2v) is 7.80. The summed E-state index contributed by atoms with van der Waals surface area (Å²) in [6.45, 7) is 12.1. The minimum atomic E-state index is -0.503. The van der Waals surface area contributed by atoms with E-state index in [4.69, 9.17) is 0 Å².